The maximum absolute atomic E-state index is 12.4. The molecule has 0 aliphatic carbocycles. The van der Waals surface area contributed by atoms with Crippen LogP contribution in [0.1, 0.15) is 37.7 Å². The molecular weight excluding hydrogens is 283 g/mol. The minimum absolute atomic E-state index is 0.171. The predicted molar refractivity (Wildman–Crippen MR) is 73.8 cm³/mol. The van der Waals surface area contributed by atoms with E-state index in [1.807, 2.05) is 6.92 Å². The Bertz CT molecular complexity index is 457. The fraction of sp³-hybridized carbons (Fsp3) is 0.600. The van der Waals surface area contributed by atoms with Gasteiger partial charge in [0.25, 0.3) is 0 Å². The summed E-state index contributed by atoms with van der Waals surface area (Å²) < 4.78 is 46.7. The van der Waals surface area contributed by atoms with E-state index < -0.39 is 6.36 Å². The molecule has 118 valence electrons. The molecule has 0 saturated carbocycles. The zero-order valence-corrected chi connectivity index (χ0v) is 12.0. The van der Waals surface area contributed by atoms with Crippen LogP contribution >= 0.6 is 0 Å². The maximum atomic E-state index is 12.4. The van der Waals surface area contributed by atoms with Gasteiger partial charge < -0.3 is 14.8 Å². The van der Waals surface area contributed by atoms with E-state index in [2.05, 4.69) is 10.1 Å². The van der Waals surface area contributed by atoms with Gasteiger partial charge in [0, 0.05) is 0 Å². The van der Waals surface area contributed by atoms with Crippen molar-refractivity contribution in [2.75, 3.05) is 19.7 Å². The molecule has 1 saturated heterocycles. The molecule has 1 aliphatic heterocycles. The molecule has 21 heavy (non-hydrogen) atoms. The fourth-order valence-electron chi connectivity index (χ4n) is 2.47. The van der Waals surface area contributed by atoms with Gasteiger partial charge in [-0.3, -0.25) is 0 Å². The van der Waals surface area contributed by atoms with Crippen LogP contribution in [-0.4, -0.2) is 26.1 Å². The van der Waals surface area contributed by atoms with Gasteiger partial charge in [0.15, 0.2) is 11.5 Å². The average Bonchev–Trinajstić information content (AvgIpc) is 2.45. The SMILES string of the molecule is CCCOc1cc(C2CCNCC2)ccc1OC(F)(F)F. The Hall–Kier alpha value is -1.43. The number of nitrogens with one attached hydrogen (secondary N) is 1. The van der Waals surface area contributed by atoms with Gasteiger partial charge >= 0.3 is 6.36 Å². The lowest BCUT2D eigenvalue weighted by Crippen LogP contribution is -2.26. The summed E-state index contributed by atoms with van der Waals surface area (Å²) in [5.41, 5.74) is 1.01. The van der Waals surface area contributed by atoms with Gasteiger partial charge in [0.2, 0.25) is 0 Å². The van der Waals surface area contributed by atoms with Gasteiger partial charge in [-0.25, -0.2) is 0 Å². The van der Waals surface area contributed by atoms with Crippen LogP contribution in [0.25, 0.3) is 0 Å². The molecular formula is C15H20F3NO2. The van der Waals surface area contributed by atoms with Crippen LogP contribution in [0.5, 0.6) is 11.5 Å². The van der Waals surface area contributed by atoms with Crippen molar-refractivity contribution in [1.29, 1.82) is 0 Å². The Labute approximate surface area is 122 Å². The van der Waals surface area contributed by atoms with E-state index in [4.69, 9.17) is 4.74 Å². The van der Waals surface area contributed by atoms with Crippen LogP contribution in [0.3, 0.4) is 0 Å². The topological polar surface area (TPSA) is 30.5 Å². The highest BCUT2D eigenvalue weighted by Crippen LogP contribution is 2.36. The van der Waals surface area contributed by atoms with E-state index in [0.29, 0.717) is 12.5 Å². The van der Waals surface area contributed by atoms with Gasteiger partial charge in [-0.05, 0) is 56.0 Å². The third-order valence-electron chi connectivity index (χ3n) is 3.47. The molecule has 6 heteroatoms. The van der Waals surface area contributed by atoms with Crippen molar-refractivity contribution < 1.29 is 22.6 Å². The molecule has 1 aromatic carbocycles. The number of ether oxygens (including phenoxy) is 2. The van der Waals surface area contributed by atoms with Crippen molar-refractivity contribution >= 4 is 0 Å². The number of rotatable bonds is 5. The lowest BCUT2D eigenvalue weighted by Gasteiger charge is -2.24. The lowest BCUT2D eigenvalue weighted by molar-refractivity contribution is -0.275. The minimum Gasteiger partial charge on any atom is -0.490 e. The highest BCUT2D eigenvalue weighted by Gasteiger charge is 2.32. The minimum atomic E-state index is -4.71. The second-order valence-corrected chi connectivity index (χ2v) is 5.13. The molecule has 2 rings (SSSR count). The quantitative estimate of drug-likeness (QED) is 0.896. The third kappa shape index (κ3) is 4.81. The van der Waals surface area contributed by atoms with Crippen LogP contribution in [-0.2, 0) is 0 Å². The Morgan fingerprint density at radius 1 is 1.19 bits per heavy atom. The molecule has 1 fully saturated rings. The number of hydrogen-bond acceptors (Lipinski definition) is 3. The van der Waals surface area contributed by atoms with Crippen LogP contribution in [0, 0.1) is 0 Å². The first-order chi connectivity index (χ1) is 9.99. The fourth-order valence-corrected chi connectivity index (χ4v) is 2.47. The molecule has 1 aromatic rings. The first kappa shape index (κ1) is 15.9. The number of halogens is 3. The van der Waals surface area contributed by atoms with E-state index in [0.717, 1.165) is 37.9 Å². The van der Waals surface area contributed by atoms with Crippen LogP contribution in [0.2, 0.25) is 0 Å². The van der Waals surface area contributed by atoms with Gasteiger partial charge in [-0.1, -0.05) is 13.0 Å². The van der Waals surface area contributed by atoms with Crippen molar-refractivity contribution in [1.82, 2.24) is 5.32 Å². The largest absolute Gasteiger partial charge is 0.573 e. The third-order valence-corrected chi connectivity index (χ3v) is 3.47. The molecule has 1 heterocycles. The molecule has 0 unspecified atom stereocenters. The van der Waals surface area contributed by atoms with Gasteiger partial charge in [0.05, 0.1) is 6.61 Å². The Morgan fingerprint density at radius 2 is 1.90 bits per heavy atom. The van der Waals surface area contributed by atoms with Gasteiger partial charge in [-0.15, -0.1) is 13.2 Å². The number of benzene rings is 1. The number of alkyl halides is 3. The standard InChI is InChI=1S/C15H20F3NO2/c1-2-9-20-14-10-12(11-5-7-19-8-6-11)3-4-13(14)21-15(16,17)18/h3-4,10-11,19H,2,5-9H2,1H3. The first-order valence-electron chi connectivity index (χ1n) is 7.23. The smallest absolute Gasteiger partial charge is 0.490 e. The van der Waals surface area contributed by atoms with E-state index in [1.54, 1.807) is 12.1 Å². The van der Waals surface area contributed by atoms with Crippen LogP contribution < -0.4 is 14.8 Å². The maximum Gasteiger partial charge on any atom is 0.573 e. The summed E-state index contributed by atoms with van der Waals surface area (Å²) in [5.74, 6) is 0.258. The first-order valence-corrected chi connectivity index (χ1v) is 7.23. The molecule has 0 amide bonds. The summed E-state index contributed by atoms with van der Waals surface area (Å²) in [6.45, 7) is 4.12. The zero-order valence-electron chi connectivity index (χ0n) is 12.0. The lowest BCUT2D eigenvalue weighted by atomic mass is 9.90. The van der Waals surface area contributed by atoms with E-state index >= 15 is 0 Å². The molecule has 1 aliphatic rings. The van der Waals surface area contributed by atoms with E-state index in [-0.39, 0.29) is 11.5 Å². The van der Waals surface area contributed by atoms with Crippen molar-refractivity contribution in [3.05, 3.63) is 23.8 Å². The number of piperidine rings is 1. The molecule has 0 atom stereocenters. The van der Waals surface area contributed by atoms with Crippen LogP contribution in [0.4, 0.5) is 13.2 Å². The highest BCUT2D eigenvalue weighted by atomic mass is 19.4. The molecule has 0 aromatic heterocycles. The number of hydrogen-bond donors (Lipinski definition) is 1. The average molecular weight is 303 g/mol. The highest BCUT2D eigenvalue weighted by molar-refractivity contribution is 5.44. The molecule has 0 bridgehead atoms. The summed E-state index contributed by atoms with van der Waals surface area (Å²) in [5, 5.41) is 3.27. The Kier molecular flexibility index (Phi) is 5.33. The normalized spacial score (nSPS) is 16.8. The van der Waals surface area contributed by atoms with Gasteiger partial charge in [0.1, 0.15) is 0 Å². The summed E-state index contributed by atoms with van der Waals surface area (Å²) in [6.07, 6.45) is -2.02. The van der Waals surface area contributed by atoms with E-state index in [1.165, 1.54) is 6.07 Å². The molecule has 0 spiro atoms. The predicted octanol–water partition coefficient (Wildman–Crippen LogP) is 3.84. The second kappa shape index (κ2) is 7.02. The molecule has 0 radical (unpaired) electrons. The van der Waals surface area contributed by atoms with Gasteiger partial charge in [-0.2, -0.15) is 0 Å². The Balaban J connectivity index is 2.20. The Morgan fingerprint density at radius 3 is 2.52 bits per heavy atom. The van der Waals surface area contributed by atoms with E-state index in [9.17, 15) is 13.2 Å². The van der Waals surface area contributed by atoms with Crippen molar-refractivity contribution in [2.24, 2.45) is 0 Å². The molecule has 1 N–H and O–H groups in total. The van der Waals surface area contributed by atoms with Crippen molar-refractivity contribution in [3.8, 4) is 11.5 Å². The second-order valence-electron chi connectivity index (χ2n) is 5.13. The van der Waals surface area contributed by atoms with Crippen molar-refractivity contribution in [2.45, 2.75) is 38.5 Å². The summed E-state index contributed by atoms with van der Waals surface area (Å²) in [6, 6.07) is 4.75. The van der Waals surface area contributed by atoms with Crippen molar-refractivity contribution in [3.63, 3.8) is 0 Å². The zero-order chi connectivity index (χ0) is 15.3. The summed E-state index contributed by atoms with van der Waals surface area (Å²) in [7, 11) is 0. The van der Waals surface area contributed by atoms with Crippen LogP contribution in [0.15, 0.2) is 18.2 Å². The summed E-state index contributed by atoms with van der Waals surface area (Å²) >= 11 is 0. The molecule has 3 nitrogen and oxygen atoms in total. The summed E-state index contributed by atoms with van der Waals surface area (Å²) in [4.78, 5) is 0. The monoisotopic (exact) mass is 303 g/mol.